The third-order valence-corrected chi connectivity index (χ3v) is 4.09. The van der Waals surface area contributed by atoms with Gasteiger partial charge in [-0.3, -0.25) is 0 Å². The first kappa shape index (κ1) is 16.3. The van der Waals surface area contributed by atoms with Gasteiger partial charge < -0.3 is 10.2 Å². The predicted molar refractivity (Wildman–Crippen MR) is 96.8 cm³/mol. The van der Waals surface area contributed by atoms with Gasteiger partial charge in [-0.2, -0.15) is 0 Å². The van der Waals surface area contributed by atoms with Crippen LogP contribution in [0, 0.1) is 0 Å². The molecule has 0 saturated carbocycles. The highest BCUT2D eigenvalue weighted by molar-refractivity contribution is 5.86. The molecule has 124 valence electrons. The Labute approximate surface area is 141 Å². The molecule has 3 rings (SSSR count). The molecule has 2 aromatic carbocycles. The zero-order valence-corrected chi connectivity index (χ0v) is 14.1. The number of hydrogen-bond acceptors (Lipinski definition) is 6. The van der Waals surface area contributed by atoms with Gasteiger partial charge in [0.25, 0.3) is 5.95 Å². The van der Waals surface area contributed by atoms with Gasteiger partial charge in [0, 0.05) is 18.7 Å². The molecule has 0 atom stereocenters. The number of likely N-dealkylation sites (N-methyl/N-ethyl adjacent to an activating group) is 1. The van der Waals surface area contributed by atoms with Crippen LogP contribution in [0.15, 0.2) is 42.5 Å². The Kier molecular flexibility index (Phi) is 5.28. The van der Waals surface area contributed by atoms with Gasteiger partial charge in [-0.1, -0.05) is 50.2 Å². The minimum Gasteiger partial charge on any atom is -0.350 e. The summed E-state index contributed by atoms with van der Waals surface area (Å²) in [4.78, 5) is 2.33. The smallest absolute Gasteiger partial charge is 0.262 e. The lowest BCUT2D eigenvalue weighted by Crippen LogP contribution is -2.29. The van der Waals surface area contributed by atoms with Gasteiger partial charge in [0.05, 0.1) is 0 Å². The van der Waals surface area contributed by atoms with Crippen molar-refractivity contribution in [3.05, 3.63) is 42.5 Å². The van der Waals surface area contributed by atoms with Crippen LogP contribution >= 0.6 is 0 Å². The number of nitrogens with one attached hydrogen (secondary N) is 1. The van der Waals surface area contributed by atoms with Crippen LogP contribution in [0.5, 0.6) is 0 Å². The first-order valence-electron chi connectivity index (χ1n) is 8.33. The molecule has 0 aliphatic rings. The summed E-state index contributed by atoms with van der Waals surface area (Å²) in [6, 6.07) is 14.3. The van der Waals surface area contributed by atoms with E-state index in [2.05, 4.69) is 68.7 Å². The van der Waals surface area contributed by atoms with E-state index in [1.165, 1.54) is 5.39 Å². The highest BCUT2D eigenvalue weighted by atomic mass is 15.3. The van der Waals surface area contributed by atoms with Gasteiger partial charge in [0.1, 0.15) is 0 Å². The Bertz CT molecular complexity index is 783. The normalized spacial score (nSPS) is 11.1. The lowest BCUT2D eigenvalue weighted by Gasteiger charge is -2.17. The molecule has 0 aliphatic carbocycles. The maximum atomic E-state index is 4.19. The second-order valence-electron chi connectivity index (χ2n) is 5.56. The standard InChI is InChI=1S/C18H22N6/c1-3-24(4-2)12-11-19-18-22-20-17(21-23-18)16-10-9-14-7-5-6-8-15(14)13-16/h5-10,13H,3-4,11-12H2,1-2H3,(H,19,22,23). The molecule has 0 saturated heterocycles. The molecule has 1 aromatic heterocycles. The van der Waals surface area contributed by atoms with E-state index in [1.54, 1.807) is 0 Å². The van der Waals surface area contributed by atoms with Crippen molar-refractivity contribution < 1.29 is 0 Å². The van der Waals surface area contributed by atoms with Gasteiger partial charge in [0.2, 0.25) is 5.82 Å². The predicted octanol–water partition coefficient (Wildman–Crippen LogP) is 2.84. The van der Waals surface area contributed by atoms with Gasteiger partial charge in [-0.05, 0) is 29.9 Å². The molecule has 0 radical (unpaired) electrons. The molecule has 0 fully saturated rings. The van der Waals surface area contributed by atoms with E-state index in [4.69, 9.17) is 0 Å². The minimum absolute atomic E-state index is 0.465. The van der Waals surface area contributed by atoms with Crippen LogP contribution in [0.2, 0.25) is 0 Å². The van der Waals surface area contributed by atoms with E-state index in [0.717, 1.165) is 37.1 Å². The number of nitrogens with zero attached hydrogens (tertiary/aromatic N) is 5. The molecule has 6 nitrogen and oxygen atoms in total. The van der Waals surface area contributed by atoms with Gasteiger partial charge in [-0.15, -0.1) is 20.4 Å². The molecule has 0 bridgehead atoms. The maximum Gasteiger partial charge on any atom is 0.262 e. The van der Waals surface area contributed by atoms with E-state index < -0.39 is 0 Å². The Balaban J connectivity index is 1.67. The molecule has 3 aromatic rings. The fourth-order valence-corrected chi connectivity index (χ4v) is 2.61. The summed E-state index contributed by atoms with van der Waals surface area (Å²) in [5.74, 6) is 1.00. The van der Waals surface area contributed by atoms with E-state index in [9.17, 15) is 0 Å². The molecular formula is C18H22N6. The first-order chi connectivity index (χ1) is 11.8. The van der Waals surface area contributed by atoms with Crippen LogP contribution in [-0.2, 0) is 0 Å². The number of benzene rings is 2. The minimum atomic E-state index is 0.465. The third-order valence-electron chi connectivity index (χ3n) is 4.09. The zero-order valence-electron chi connectivity index (χ0n) is 14.1. The van der Waals surface area contributed by atoms with Crippen molar-refractivity contribution in [2.75, 3.05) is 31.5 Å². The van der Waals surface area contributed by atoms with Crippen molar-refractivity contribution in [3.8, 4) is 11.4 Å². The van der Waals surface area contributed by atoms with Crippen LogP contribution in [0.1, 0.15) is 13.8 Å². The summed E-state index contributed by atoms with van der Waals surface area (Å²) in [5.41, 5.74) is 0.920. The Morgan fingerprint density at radius 3 is 2.29 bits per heavy atom. The number of rotatable bonds is 7. The van der Waals surface area contributed by atoms with E-state index >= 15 is 0 Å². The summed E-state index contributed by atoms with van der Waals surface area (Å²) in [5, 5.41) is 22.2. The number of fused-ring (bicyclic) bond motifs is 1. The Morgan fingerprint density at radius 1 is 0.875 bits per heavy atom. The molecule has 0 aliphatic heterocycles. The summed E-state index contributed by atoms with van der Waals surface area (Å²) < 4.78 is 0. The molecule has 0 amide bonds. The second kappa shape index (κ2) is 7.79. The van der Waals surface area contributed by atoms with Crippen LogP contribution in [-0.4, -0.2) is 51.5 Å². The topological polar surface area (TPSA) is 66.8 Å². The molecule has 0 spiro atoms. The lowest BCUT2D eigenvalue weighted by molar-refractivity contribution is 0.315. The van der Waals surface area contributed by atoms with Crippen molar-refractivity contribution in [3.63, 3.8) is 0 Å². The summed E-state index contributed by atoms with van der Waals surface area (Å²) in [6.07, 6.45) is 0. The van der Waals surface area contributed by atoms with E-state index in [1.807, 2.05) is 18.2 Å². The average molecular weight is 322 g/mol. The number of anilines is 1. The van der Waals surface area contributed by atoms with Crippen LogP contribution in [0.4, 0.5) is 5.95 Å². The Morgan fingerprint density at radius 2 is 1.58 bits per heavy atom. The van der Waals surface area contributed by atoms with Crippen molar-refractivity contribution in [1.82, 2.24) is 25.3 Å². The molecule has 1 N–H and O–H groups in total. The van der Waals surface area contributed by atoms with Crippen LogP contribution in [0.25, 0.3) is 22.2 Å². The molecule has 0 unspecified atom stereocenters. The quantitative estimate of drug-likeness (QED) is 0.721. The molecule has 24 heavy (non-hydrogen) atoms. The van der Waals surface area contributed by atoms with Crippen LogP contribution in [0.3, 0.4) is 0 Å². The molecular weight excluding hydrogens is 300 g/mol. The van der Waals surface area contributed by atoms with Crippen molar-refractivity contribution in [2.45, 2.75) is 13.8 Å². The largest absolute Gasteiger partial charge is 0.350 e. The second-order valence-corrected chi connectivity index (χ2v) is 5.56. The lowest BCUT2D eigenvalue weighted by atomic mass is 10.1. The zero-order chi connectivity index (χ0) is 16.8. The average Bonchev–Trinajstić information content (AvgIpc) is 2.65. The summed E-state index contributed by atoms with van der Waals surface area (Å²) in [6.45, 7) is 8.11. The van der Waals surface area contributed by atoms with Crippen molar-refractivity contribution >= 4 is 16.7 Å². The highest BCUT2D eigenvalue weighted by Crippen LogP contribution is 2.21. The number of aromatic nitrogens is 4. The summed E-state index contributed by atoms with van der Waals surface area (Å²) in [7, 11) is 0. The van der Waals surface area contributed by atoms with Gasteiger partial charge in [-0.25, -0.2) is 0 Å². The third kappa shape index (κ3) is 3.83. The maximum absolute atomic E-state index is 4.19. The van der Waals surface area contributed by atoms with Crippen LogP contribution < -0.4 is 5.32 Å². The molecule has 1 heterocycles. The van der Waals surface area contributed by atoms with Crippen molar-refractivity contribution in [1.29, 1.82) is 0 Å². The Hall–Kier alpha value is -2.60. The number of hydrogen-bond donors (Lipinski definition) is 1. The van der Waals surface area contributed by atoms with Gasteiger partial charge in [0.15, 0.2) is 0 Å². The van der Waals surface area contributed by atoms with E-state index in [-0.39, 0.29) is 0 Å². The summed E-state index contributed by atoms with van der Waals surface area (Å²) >= 11 is 0. The monoisotopic (exact) mass is 322 g/mol. The first-order valence-corrected chi connectivity index (χ1v) is 8.33. The van der Waals surface area contributed by atoms with E-state index in [0.29, 0.717) is 11.8 Å². The molecule has 6 heteroatoms. The fourth-order valence-electron chi connectivity index (χ4n) is 2.61. The van der Waals surface area contributed by atoms with Gasteiger partial charge >= 0.3 is 0 Å². The van der Waals surface area contributed by atoms with Crippen molar-refractivity contribution in [2.24, 2.45) is 0 Å². The SMILES string of the molecule is CCN(CC)CCNc1nnc(-c2ccc3ccccc3c2)nn1. The fraction of sp³-hybridized carbons (Fsp3) is 0.333. The highest BCUT2D eigenvalue weighted by Gasteiger charge is 2.06.